The lowest BCUT2D eigenvalue weighted by Gasteiger charge is -2.05. The third kappa shape index (κ3) is 3.98. The molecule has 2 heteroatoms. The average molecular weight is 203 g/mol. The number of benzene rings is 1. The van der Waals surface area contributed by atoms with Crippen LogP contribution in [-0.4, -0.2) is 12.5 Å². The summed E-state index contributed by atoms with van der Waals surface area (Å²) in [4.78, 5) is 11.1. The summed E-state index contributed by atoms with van der Waals surface area (Å²) in [6, 6.07) is 8.23. The zero-order valence-corrected chi connectivity index (χ0v) is 9.29. The lowest BCUT2D eigenvalue weighted by atomic mass is 10.1. The Hall–Kier alpha value is -1.57. The molecule has 0 unspecified atom stereocenters. The van der Waals surface area contributed by atoms with E-state index in [4.69, 9.17) is 0 Å². The molecule has 1 aromatic carbocycles. The van der Waals surface area contributed by atoms with Crippen molar-refractivity contribution in [2.75, 3.05) is 6.54 Å². The van der Waals surface area contributed by atoms with Crippen LogP contribution < -0.4 is 5.32 Å². The van der Waals surface area contributed by atoms with Crippen molar-refractivity contribution < 1.29 is 4.79 Å². The fourth-order valence-electron chi connectivity index (χ4n) is 1.42. The molecule has 2 nitrogen and oxygen atoms in total. The SMILES string of the molecule is CC=CC(=O)NCCc1ccccc1C. The normalized spacial score (nSPS) is 10.5. The summed E-state index contributed by atoms with van der Waals surface area (Å²) < 4.78 is 0. The molecule has 0 bridgehead atoms. The van der Waals surface area contributed by atoms with E-state index in [2.05, 4.69) is 24.4 Å². The van der Waals surface area contributed by atoms with Crippen molar-refractivity contribution in [2.45, 2.75) is 20.3 Å². The summed E-state index contributed by atoms with van der Waals surface area (Å²) in [7, 11) is 0. The van der Waals surface area contributed by atoms with Crippen LogP contribution in [0.2, 0.25) is 0 Å². The van der Waals surface area contributed by atoms with E-state index in [9.17, 15) is 4.79 Å². The van der Waals surface area contributed by atoms with Crippen molar-refractivity contribution in [3.05, 3.63) is 47.5 Å². The van der Waals surface area contributed by atoms with Gasteiger partial charge in [-0.3, -0.25) is 4.79 Å². The fourth-order valence-corrected chi connectivity index (χ4v) is 1.42. The summed E-state index contributed by atoms with van der Waals surface area (Å²) >= 11 is 0. The van der Waals surface area contributed by atoms with Gasteiger partial charge in [0.15, 0.2) is 0 Å². The molecule has 0 aliphatic rings. The number of rotatable bonds is 4. The summed E-state index contributed by atoms with van der Waals surface area (Å²) in [5.74, 6) is -0.0221. The molecule has 1 rings (SSSR count). The number of aryl methyl sites for hydroxylation is 1. The molecule has 1 N–H and O–H groups in total. The maximum absolute atomic E-state index is 11.1. The molecule has 0 aromatic heterocycles. The second kappa shape index (κ2) is 6.02. The second-order valence-corrected chi connectivity index (χ2v) is 3.47. The molecule has 80 valence electrons. The maximum Gasteiger partial charge on any atom is 0.243 e. The van der Waals surface area contributed by atoms with Gasteiger partial charge in [-0.05, 0) is 37.5 Å². The summed E-state index contributed by atoms with van der Waals surface area (Å²) in [6.45, 7) is 4.61. The first-order valence-electron chi connectivity index (χ1n) is 5.19. The molecule has 0 fully saturated rings. The smallest absolute Gasteiger partial charge is 0.243 e. The van der Waals surface area contributed by atoms with Gasteiger partial charge in [0, 0.05) is 6.54 Å². The number of carbonyl (C=O) groups excluding carboxylic acids is 1. The van der Waals surface area contributed by atoms with Crippen molar-refractivity contribution in [1.29, 1.82) is 0 Å². The van der Waals surface area contributed by atoms with Gasteiger partial charge in [-0.2, -0.15) is 0 Å². The number of amides is 1. The third-order valence-electron chi connectivity index (χ3n) is 2.27. The third-order valence-corrected chi connectivity index (χ3v) is 2.27. The van der Waals surface area contributed by atoms with Gasteiger partial charge >= 0.3 is 0 Å². The Kier molecular flexibility index (Phi) is 4.61. The number of nitrogens with one attached hydrogen (secondary N) is 1. The Morgan fingerprint density at radius 3 is 2.80 bits per heavy atom. The topological polar surface area (TPSA) is 29.1 Å². The van der Waals surface area contributed by atoms with Crippen LogP contribution in [-0.2, 0) is 11.2 Å². The first kappa shape index (κ1) is 11.5. The highest BCUT2D eigenvalue weighted by molar-refractivity contribution is 5.87. The van der Waals surface area contributed by atoms with Gasteiger partial charge in [0.05, 0.1) is 0 Å². The van der Waals surface area contributed by atoms with Gasteiger partial charge in [0.1, 0.15) is 0 Å². The van der Waals surface area contributed by atoms with E-state index in [1.807, 2.05) is 19.1 Å². The molecule has 1 aromatic rings. The largest absolute Gasteiger partial charge is 0.352 e. The van der Waals surface area contributed by atoms with Crippen LogP contribution >= 0.6 is 0 Å². The van der Waals surface area contributed by atoms with Crippen LogP contribution in [0.15, 0.2) is 36.4 Å². The molecule has 0 aliphatic heterocycles. The maximum atomic E-state index is 11.1. The zero-order valence-electron chi connectivity index (χ0n) is 9.29. The van der Waals surface area contributed by atoms with Gasteiger partial charge in [-0.15, -0.1) is 0 Å². The Bertz CT molecular complexity index is 355. The molecular formula is C13H17NO. The zero-order chi connectivity index (χ0) is 11.1. The molecule has 0 heterocycles. The van der Waals surface area contributed by atoms with Gasteiger partial charge in [0.2, 0.25) is 5.91 Å². The van der Waals surface area contributed by atoms with Gasteiger partial charge < -0.3 is 5.32 Å². The Morgan fingerprint density at radius 2 is 2.13 bits per heavy atom. The Morgan fingerprint density at radius 1 is 1.40 bits per heavy atom. The van der Waals surface area contributed by atoms with Crippen molar-refractivity contribution in [1.82, 2.24) is 5.32 Å². The van der Waals surface area contributed by atoms with E-state index in [0.29, 0.717) is 6.54 Å². The molecule has 0 atom stereocenters. The molecular weight excluding hydrogens is 186 g/mol. The van der Waals surface area contributed by atoms with E-state index in [1.54, 1.807) is 6.08 Å². The molecule has 15 heavy (non-hydrogen) atoms. The minimum Gasteiger partial charge on any atom is -0.352 e. The van der Waals surface area contributed by atoms with E-state index >= 15 is 0 Å². The minimum atomic E-state index is -0.0221. The number of allylic oxidation sites excluding steroid dienone is 1. The van der Waals surface area contributed by atoms with Crippen LogP contribution in [0.5, 0.6) is 0 Å². The summed E-state index contributed by atoms with van der Waals surface area (Å²) in [5.41, 5.74) is 2.57. The first-order valence-corrected chi connectivity index (χ1v) is 5.19. The van der Waals surface area contributed by atoms with Crippen LogP contribution in [0, 0.1) is 6.92 Å². The van der Waals surface area contributed by atoms with Crippen molar-refractivity contribution in [2.24, 2.45) is 0 Å². The lowest BCUT2D eigenvalue weighted by Crippen LogP contribution is -2.23. The second-order valence-electron chi connectivity index (χ2n) is 3.47. The van der Waals surface area contributed by atoms with Crippen molar-refractivity contribution >= 4 is 5.91 Å². The standard InChI is InChI=1S/C13H17NO/c1-3-6-13(15)14-10-9-12-8-5-4-7-11(12)2/h3-8H,9-10H2,1-2H3,(H,14,15). The van der Waals surface area contributed by atoms with E-state index in [-0.39, 0.29) is 5.91 Å². The highest BCUT2D eigenvalue weighted by Gasteiger charge is 1.97. The predicted molar refractivity (Wildman–Crippen MR) is 62.7 cm³/mol. The molecule has 1 amide bonds. The predicted octanol–water partition coefficient (Wildman–Crippen LogP) is 2.23. The summed E-state index contributed by atoms with van der Waals surface area (Å²) in [6.07, 6.45) is 4.16. The number of hydrogen-bond acceptors (Lipinski definition) is 1. The highest BCUT2D eigenvalue weighted by Crippen LogP contribution is 2.06. The quantitative estimate of drug-likeness (QED) is 0.747. The van der Waals surface area contributed by atoms with E-state index in [0.717, 1.165) is 6.42 Å². The molecule has 0 aliphatic carbocycles. The number of carbonyl (C=O) groups is 1. The Balaban J connectivity index is 2.38. The lowest BCUT2D eigenvalue weighted by molar-refractivity contribution is -0.116. The van der Waals surface area contributed by atoms with Gasteiger partial charge in [-0.1, -0.05) is 30.3 Å². The first-order chi connectivity index (χ1) is 7.24. The number of hydrogen-bond donors (Lipinski definition) is 1. The van der Waals surface area contributed by atoms with Crippen LogP contribution in [0.3, 0.4) is 0 Å². The van der Waals surface area contributed by atoms with Crippen LogP contribution in [0.4, 0.5) is 0 Å². The van der Waals surface area contributed by atoms with Crippen molar-refractivity contribution in [3.63, 3.8) is 0 Å². The van der Waals surface area contributed by atoms with Crippen LogP contribution in [0.1, 0.15) is 18.1 Å². The fraction of sp³-hybridized carbons (Fsp3) is 0.308. The van der Waals surface area contributed by atoms with Crippen molar-refractivity contribution in [3.8, 4) is 0 Å². The van der Waals surface area contributed by atoms with E-state index < -0.39 is 0 Å². The van der Waals surface area contributed by atoms with Crippen LogP contribution in [0.25, 0.3) is 0 Å². The van der Waals surface area contributed by atoms with E-state index in [1.165, 1.54) is 17.2 Å². The average Bonchev–Trinajstić information content (AvgIpc) is 2.21. The summed E-state index contributed by atoms with van der Waals surface area (Å²) in [5, 5.41) is 2.83. The van der Waals surface area contributed by atoms with Gasteiger partial charge in [0.25, 0.3) is 0 Å². The van der Waals surface area contributed by atoms with Gasteiger partial charge in [-0.25, -0.2) is 0 Å². The monoisotopic (exact) mass is 203 g/mol. The Labute approximate surface area is 91.0 Å². The minimum absolute atomic E-state index is 0.0221. The highest BCUT2D eigenvalue weighted by atomic mass is 16.1. The molecule has 0 spiro atoms. The molecule has 0 saturated heterocycles. The molecule has 0 radical (unpaired) electrons. The molecule has 0 saturated carbocycles.